The number of phenolic OH excluding ortho intramolecular Hbond substituents is 3. The maximum atomic E-state index is 12.6. The number of esters is 2. The van der Waals surface area contributed by atoms with Crippen molar-refractivity contribution in [1.82, 2.24) is 0 Å². The Balaban J connectivity index is 1.54. The molecule has 0 aliphatic carbocycles. The Morgan fingerprint density at radius 1 is 0.535 bits per heavy atom. The summed E-state index contributed by atoms with van der Waals surface area (Å²) in [6.45, 7) is 0. The van der Waals surface area contributed by atoms with Gasteiger partial charge in [-0.05, 0) is 82.9 Å². The molecule has 3 N–H and O–H groups in total. The van der Waals surface area contributed by atoms with Gasteiger partial charge in [0.2, 0.25) is 0 Å². The van der Waals surface area contributed by atoms with Crippen LogP contribution in [0.1, 0.15) is 22.3 Å². The molecular weight excluding hydrogens is 552 g/mol. The molecule has 9 heteroatoms. The lowest BCUT2D eigenvalue weighted by Gasteiger charge is -2.08. The molecule has 43 heavy (non-hydrogen) atoms. The summed E-state index contributed by atoms with van der Waals surface area (Å²) in [5.41, 5.74) is 2.58. The number of phenols is 3. The molecule has 0 bridgehead atoms. The molecule has 4 rings (SSSR count). The summed E-state index contributed by atoms with van der Waals surface area (Å²) in [4.78, 5) is 25.2. The van der Waals surface area contributed by atoms with Crippen molar-refractivity contribution in [3.63, 3.8) is 0 Å². The maximum absolute atomic E-state index is 12.6. The standard InChI is InChI=1S/C34H28O9/c1-40-31-19-23(7-13-29(31)36)9-15-33(38)42-27-17-25(4-3-22-5-11-26(35)12-6-22)18-28(21-27)43-34(39)16-10-24-8-14-30(37)32(20-24)41-2/h3-21,35-37H,1-2H3/b4-3-,15-9+,16-10+. The second-order valence-electron chi connectivity index (χ2n) is 9.03. The van der Waals surface area contributed by atoms with Crippen molar-refractivity contribution in [1.29, 1.82) is 0 Å². The molecule has 0 saturated carbocycles. The Morgan fingerprint density at radius 2 is 0.977 bits per heavy atom. The summed E-state index contributed by atoms with van der Waals surface area (Å²) in [5, 5.41) is 29.0. The lowest BCUT2D eigenvalue weighted by atomic mass is 10.1. The molecule has 0 atom stereocenters. The van der Waals surface area contributed by atoms with Crippen molar-refractivity contribution in [2.24, 2.45) is 0 Å². The Morgan fingerprint density at radius 3 is 1.44 bits per heavy atom. The lowest BCUT2D eigenvalue weighted by molar-refractivity contribution is -0.129. The summed E-state index contributed by atoms with van der Waals surface area (Å²) >= 11 is 0. The van der Waals surface area contributed by atoms with Crippen LogP contribution in [-0.2, 0) is 9.59 Å². The first kappa shape index (κ1) is 30.0. The van der Waals surface area contributed by atoms with Gasteiger partial charge in [0.1, 0.15) is 17.2 Å². The van der Waals surface area contributed by atoms with Crippen molar-refractivity contribution in [3.05, 3.63) is 113 Å². The first-order valence-electron chi connectivity index (χ1n) is 12.9. The highest BCUT2D eigenvalue weighted by atomic mass is 16.5. The van der Waals surface area contributed by atoms with E-state index in [1.807, 2.05) is 0 Å². The summed E-state index contributed by atoms with van der Waals surface area (Å²) in [5.74, 6) is -0.532. The minimum Gasteiger partial charge on any atom is -0.508 e. The Labute approximate surface area is 247 Å². The van der Waals surface area contributed by atoms with Crippen molar-refractivity contribution in [2.45, 2.75) is 0 Å². The van der Waals surface area contributed by atoms with Gasteiger partial charge in [0, 0.05) is 18.2 Å². The largest absolute Gasteiger partial charge is 0.508 e. The van der Waals surface area contributed by atoms with Crippen LogP contribution in [-0.4, -0.2) is 41.5 Å². The van der Waals surface area contributed by atoms with Gasteiger partial charge in [0.15, 0.2) is 23.0 Å². The van der Waals surface area contributed by atoms with E-state index in [1.165, 1.54) is 56.7 Å². The van der Waals surface area contributed by atoms with Gasteiger partial charge in [-0.2, -0.15) is 0 Å². The van der Waals surface area contributed by atoms with E-state index in [9.17, 15) is 24.9 Å². The van der Waals surface area contributed by atoms with Crippen molar-refractivity contribution in [2.75, 3.05) is 14.2 Å². The fourth-order valence-electron chi connectivity index (χ4n) is 3.81. The smallest absolute Gasteiger partial charge is 0.336 e. The van der Waals surface area contributed by atoms with E-state index in [4.69, 9.17) is 18.9 Å². The molecule has 218 valence electrons. The van der Waals surface area contributed by atoms with Crippen LogP contribution in [0.4, 0.5) is 0 Å². The average Bonchev–Trinajstić information content (AvgIpc) is 3.00. The highest BCUT2D eigenvalue weighted by Crippen LogP contribution is 2.29. The monoisotopic (exact) mass is 580 g/mol. The van der Waals surface area contributed by atoms with E-state index < -0.39 is 11.9 Å². The molecule has 0 aliphatic rings. The zero-order valence-corrected chi connectivity index (χ0v) is 23.3. The topological polar surface area (TPSA) is 132 Å². The third kappa shape index (κ3) is 8.76. The molecule has 0 fully saturated rings. The van der Waals surface area contributed by atoms with Gasteiger partial charge >= 0.3 is 11.9 Å². The number of ether oxygens (including phenoxy) is 4. The summed E-state index contributed by atoms with van der Waals surface area (Å²) in [7, 11) is 2.84. The van der Waals surface area contributed by atoms with Gasteiger partial charge in [0.25, 0.3) is 0 Å². The first-order valence-corrected chi connectivity index (χ1v) is 12.9. The lowest BCUT2D eigenvalue weighted by Crippen LogP contribution is -2.06. The number of carbonyl (C=O) groups excluding carboxylic acids is 2. The first-order chi connectivity index (χ1) is 20.7. The predicted octanol–water partition coefficient (Wildman–Crippen LogP) is 6.23. The molecular formula is C34H28O9. The van der Waals surface area contributed by atoms with Gasteiger partial charge in [0.05, 0.1) is 14.2 Å². The molecule has 0 aliphatic heterocycles. The Hall–Kier alpha value is -5.96. The Kier molecular flexibility index (Phi) is 9.83. The van der Waals surface area contributed by atoms with Gasteiger partial charge in [-0.1, -0.05) is 36.4 Å². The van der Waals surface area contributed by atoms with Gasteiger partial charge in [-0.3, -0.25) is 0 Å². The molecule has 0 spiro atoms. The summed E-state index contributed by atoms with van der Waals surface area (Å²) in [6.07, 6.45) is 8.95. The molecule has 9 nitrogen and oxygen atoms in total. The second kappa shape index (κ2) is 14.1. The van der Waals surface area contributed by atoms with Crippen LogP contribution in [0.15, 0.2) is 91.0 Å². The fraction of sp³-hybridized carbons (Fsp3) is 0.0588. The van der Waals surface area contributed by atoms with Crippen molar-refractivity contribution < 1.29 is 43.9 Å². The van der Waals surface area contributed by atoms with Gasteiger partial charge < -0.3 is 34.3 Å². The van der Waals surface area contributed by atoms with Crippen molar-refractivity contribution in [3.8, 4) is 40.2 Å². The van der Waals surface area contributed by atoms with E-state index in [2.05, 4.69) is 0 Å². The number of hydrogen-bond donors (Lipinski definition) is 3. The number of rotatable bonds is 10. The number of aromatic hydroxyl groups is 3. The summed E-state index contributed by atoms with van der Waals surface area (Å²) < 4.78 is 21.2. The highest BCUT2D eigenvalue weighted by Gasteiger charge is 2.09. The van der Waals surface area contributed by atoms with Crippen molar-refractivity contribution >= 4 is 36.2 Å². The molecule has 0 amide bonds. The fourth-order valence-corrected chi connectivity index (χ4v) is 3.81. The normalized spacial score (nSPS) is 11.2. The van der Waals surface area contributed by atoms with Crippen LogP contribution < -0.4 is 18.9 Å². The molecule has 0 heterocycles. The van der Waals surface area contributed by atoms with Crippen LogP contribution in [0.2, 0.25) is 0 Å². The number of hydrogen-bond acceptors (Lipinski definition) is 9. The third-order valence-electron chi connectivity index (χ3n) is 5.93. The van der Waals surface area contributed by atoms with E-state index in [0.717, 1.165) is 5.56 Å². The number of benzene rings is 4. The van der Waals surface area contributed by atoms with E-state index in [1.54, 1.807) is 72.8 Å². The molecule has 0 aromatic heterocycles. The third-order valence-corrected chi connectivity index (χ3v) is 5.93. The molecule has 0 saturated heterocycles. The molecule has 4 aromatic rings. The van der Waals surface area contributed by atoms with E-state index in [-0.39, 0.29) is 40.2 Å². The SMILES string of the molecule is COc1cc(/C=C/C(=O)Oc2cc(/C=C\c3ccc(O)cc3)cc(OC(=O)/C=C/c3ccc(O)c(OC)c3)c2)ccc1O. The van der Waals surface area contributed by atoms with Crippen LogP contribution in [0.5, 0.6) is 40.2 Å². The van der Waals surface area contributed by atoms with Crippen LogP contribution >= 0.6 is 0 Å². The average molecular weight is 581 g/mol. The van der Waals surface area contributed by atoms with Crippen LogP contribution in [0.3, 0.4) is 0 Å². The summed E-state index contributed by atoms with van der Waals surface area (Å²) in [6, 6.07) is 20.4. The minimum atomic E-state index is -0.690. The van der Waals surface area contributed by atoms with Gasteiger partial charge in [-0.25, -0.2) is 9.59 Å². The van der Waals surface area contributed by atoms with Gasteiger partial charge in [-0.15, -0.1) is 0 Å². The van der Waals surface area contributed by atoms with E-state index in [0.29, 0.717) is 16.7 Å². The molecule has 0 radical (unpaired) electrons. The molecule has 4 aromatic carbocycles. The quantitative estimate of drug-likeness (QED) is 0.0864. The number of methoxy groups -OCH3 is 2. The Bertz CT molecular complexity index is 1600. The highest BCUT2D eigenvalue weighted by molar-refractivity contribution is 5.90. The van der Waals surface area contributed by atoms with Crippen LogP contribution in [0.25, 0.3) is 24.3 Å². The second-order valence-corrected chi connectivity index (χ2v) is 9.03. The van der Waals surface area contributed by atoms with Crippen LogP contribution in [0, 0.1) is 0 Å². The zero-order chi connectivity index (χ0) is 30.8. The zero-order valence-electron chi connectivity index (χ0n) is 23.3. The predicted molar refractivity (Wildman–Crippen MR) is 162 cm³/mol. The number of carbonyl (C=O) groups is 2. The maximum Gasteiger partial charge on any atom is 0.336 e. The van der Waals surface area contributed by atoms with E-state index >= 15 is 0 Å². The minimum absolute atomic E-state index is 0.0286. The molecule has 0 unspecified atom stereocenters.